The van der Waals surface area contributed by atoms with E-state index in [1.807, 2.05) is 65.4 Å². The molecule has 30 heavy (non-hydrogen) atoms. The van der Waals surface area contributed by atoms with Crippen molar-refractivity contribution in [2.75, 3.05) is 11.1 Å². The van der Waals surface area contributed by atoms with Crippen LogP contribution in [0.15, 0.2) is 69.7 Å². The summed E-state index contributed by atoms with van der Waals surface area (Å²) in [6.07, 6.45) is 0.241. The van der Waals surface area contributed by atoms with Crippen LogP contribution in [0.25, 0.3) is 10.8 Å². The molecule has 2 aromatic carbocycles. The molecule has 0 spiro atoms. The van der Waals surface area contributed by atoms with E-state index >= 15 is 0 Å². The maximum atomic E-state index is 12.4. The predicted molar refractivity (Wildman–Crippen MR) is 125 cm³/mol. The average Bonchev–Trinajstić information content (AvgIpc) is 3.43. The van der Waals surface area contributed by atoms with E-state index in [9.17, 15) is 9.59 Å². The third-order valence-corrected chi connectivity index (χ3v) is 7.25. The van der Waals surface area contributed by atoms with Gasteiger partial charge in [-0.05, 0) is 22.9 Å². The summed E-state index contributed by atoms with van der Waals surface area (Å²) in [5.74, 6) is 0.126. The van der Waals surface area contributed by atoms with Crippen molar-refractivity contribution in [3.8, 4) is 0 Å². The highest BCUT2D eigenvalue weighted by atomic mass is 32.2. The van der Waals surface area contributed by atoms with Crippen LogP contribution in [0.1, 0.15) is 10.6 Å². The number of rotatable bonds is 8. The maximum Gasteiger partial charge on any atom is 0.234 e. The Morgan fingerprint density at radius 1 is 0.967 bits per heavy atom. The summed E-state index contributed by atoms with van der Waals surface area (Å²) in [6, 6.07) is 17.8. The van der Waals surface area contributed by atoms with E-state index in [-0.39, 0.29) is 24.0 Å². The van der Waals surface area contributed by atoms with Gasteiger partial charge in [0.15, 0.2) is 4.34 Å². The molecule has 0 aliphatic heterocycles. The number of anilines is 1. The van der Waals surface area contributed by atoms with Crippen molar-refractivity contribution in [2.24, 2.45) is 0 Å². The van der Waals surface area contributed by atoms with Crippen molar-refractivity contribution < 1.29 is 9.59 Å². The molecule has 2 N–H and O–H groups in total. The van der Waals surface area contributed by atoms with E-state index in [1.54, 1.807) is 11.3 Å². The number of carbonyl (C=O) groups is 2. The molecule has 0 saturated carbocycles. The van der Waals surface area contributed by atoms with E-state index in [4.69, 9.17) is 0 Å². The minimum atomic E-state index is -0.0817. The number of thioether (sulfide) groups is 1. The monoisotopic (exact) mass is 453 g/mol. The number of hydrogen-bond acceptors (Lipinski definition) is 6. The van der Waals surface area contributed by atoms with Gasteiger partial charge in [-0.15, -0.1) is 22.7 Å². The normalized spacial score (nSPS) is 10.8. The Morgan fingerprint density at radius 2 is 1.83 bits per heavy atom. The van der Waals surface area contributed by atoms with E-state index < -0.39 is 0 Å². The number of fused-ring (bicyclic) bond motifs is 1. The molecule has 0 unspecified atom stereocenters. The lowest BCUT2D eigenvalue weighted by atomic mass is 10.1. The Balaban J connectivity index is 1.26. The first-order valence-electron chi connectivity index (χ1n) is 9.31. The van der Waals surface area contributed by atoms with Crippen molar-refractivity contribution in [1.29, 1.82) is 0 Å². The maximum absolute atomic E-state index is 12.4. The molecule has 2 aromatic heterocycles. The van der Waals surface area contributed by atoms with Crippen molar-refractivity contribution >= 4 is 62.7 Å². The molecule has 152 valence electrons. The zero-order valence-electron chi connectivity index (χ0n) is 16.0. The summed E-state index contributed by atoms with van der Waals surface area (Å²) in [5, 5.41) is 11.8. The molecular weight excluding hydrogens is 434 g/mol. The molecule has 0 saturated heterocycles. The molecular formula is C22H19N3O2S3. The zero-order valence-corrected chi connectivity index (χ0v) is 18.4. The van der Waals surface area contributed by atoms with Gasteiger partial charge in [-0.25, -0.2) is 4.98 Å². The highest BCUT2D eigenvalue weighted by molar-refractivity contribution is 8.01. The van der Waals surface area contributed by atoms with Gasteiger partial charge >= 0.3 is 0 Å². The van der Waals surface area contributed by atoms with Crippen molar-refractivity contribution in [3.05, 3.63) is 75.9 Å². The zero-order chi connectivity index (χ0) is 20.8. The second-order valence-corrected chi connectivity index (χ2v) is 9.61. The molecule has 5 nitrogen and oxygen atoms in total. The number of benzene rings is 2. The Labute approximate surface area is 186 Å². The summed E-state index contributed by atoms with van der Waals surface area (Å²) in [6.45, 7) is 0.538. The highest BCUT2D eigenvalue weighted by Crippen LogP contribution is 2.25. The third kappa shape index (κ3) is 5.47. The van der Waals surface area contributed by atoms with Crippen LogP contribution in [-0.4, -0.2) is 22.6 Å². The largest absolute Gasteiger partial charge is 0.351 e. The smallest absolute Gasteiger partial charge is 0.234 e. The lowest BCUT2D eigenvalue weighted by molar-refractivity contribution is -0.120. The number of nitrogens with one attached hydrogen (secondary N) is 2. The molecule has 8 heteroatoms. The first-order chi connectivity index (χ1) is 14.7. The second kappa shape index (κ2) is 9.88. The standard InChI is InChI=1S/C22H19N3O2S3/c26-20(23-12-17-7-4-10-28-17)11-16-13-29-22(24-16)30-14-21(27)25-19-9-3-6-15-5-1-2-8-18(15)19/h1-10,13H,11-12,14H2,(H,23,26)(H,25,27). The van der Waals surface area contributed by atoms with E-state index in [0.29, 0.717) is 6.54 Å². The summed E-state index contributed by atoms with van der Waals surface area (Å²) in [7, 11) is 0. The minimum Gasteiger partial charge on any atom is -0.351 e. The third-order valence-electron chi connectivity index (χ3n) is 4.30. The lowest BCUT2D eigenvalue weighted by Crippen LogP contribution is -2.24. The van der Waals surface area contributed by atoms with Crippen LogP contribution in [0.3, 0.4) is 0 Å². The van der Waals surface area contributed by atoms with Crippen LogP contribution < -0.4 is 10.6 Å². The average molecular weight is 454 g/mol. The van der Waals surface area contributed by atoms with Crippen molar-refractivity contribution in [1.82, 2.24) is 10.3 Å². The molecule has 2 heterocycles. The van der Waals surface area contributed by atoms with Gasteiger partial charge in [0.2, 0.25) is 11.8 Å². The topological polar surface area (TPSA) is 71.1 Å². The molecule has 0 atom stereocenters. The minimum absolute atomic E-state index is 0.0565. The molecule has 4 rings (SSSR count). The molecule has 0 aliphatic carbocycles. The van der Waals surface area contributed by atoms with Crippen LogP contribution in [0, 0.1) is 0 Å². The lowest BCUT2D eigenvalue weighted by Gasteiger charge is -2.08. The van der Waals surface area contributed by atoms with E-state index in [0.717, 1.165) is 31.4 Å². The molecule has 0 bridgehead atoms. The number of amides is 2. The van der Waals surface area contributed by atoms with E-state index in [2.05, 4.69) is 15.6 Å². The Morgan fingerprint density at radius 3 is 2.70 bits per heavy atom. The fraction of sp³-hybridized carbons (Fsp3) is 0.136. The number of thiophene rings is 1. The quantitative estimate of drug-likeness (QED) is 0.371. The van der Waals surface area contributed by atoms with Crippen LogP contribution in [-0.2, 0) is 22.6 Å². The number of thiazole rings is 1. The van der Waals surface area contributed by atoms with E-state index in [1.165, 1.54) is 23.1 Å². The molecule has 0 fully saturated rings. The summed E-state index contributed by atoms with van der Waals surface area (Å²) >= 11 is 4.45. The number of aromatic nitrogens is 1. The van der Waals surface area contributed by atoms with Crippen LogP contribution >= 0.6 is 34.4 Å². The second-order valence-electron chi connectivity index (χ2n) is 6.50. The van der Waals surface area contributed by atoms with Gasteiger partial charge in [0.1, 0.15) is 0 Å². The summed E-state index contributed by atoms with van der Waals surface area (Å²) in [4.78, 5) is 30.1. The highest BCUT2D eigenvalue weighted by Gasteiger charge is 2.11. The molecule has 0 radical (unpaired) electrons. The molecule has 4 aromatic rings. The number of hydrogen-bond donors (Lipinski definition) is 2. The molecule has 0 aliphatic rings. The summed E-state index contributed by atoms with van der Waals surface area (Å²) in [5.41, 5.74) is 1.53. The van der Waals surface area contributed by atoms with Gasteiger partial charge in [0.25, 0.3) is 0 Å². The van der Waals surface area contributed by atoms with Crippen molar-refractivity contribution in [3.63, 3.8) is 0 Å². The first kappa shape index (κ1) is 20.6. The fourth-order valence-electron chi connectivity index (χ4n) is 2.91. The summed E-state index contributed by atoms with van der Waals surface area (Å²) < 4.78 is 0.782. The Bertz CT molecular complexity index is 1150. The fourth-order valence-corrected chi connectivity index (χ4v) is 5.20. The predicted octanol–water partition coefficient (Wildman–Crippen LogP) is 4.95. The first-order valence-corrected chi connectivity index (χ1v) is 12.1. The number of nitrogens with zero attached hydrogens (tertiary/aromatic N) is 1. The van der Waals surface area contributed by atoms with Gasteiger partial charge in [-0.2, -0.15) is 0 Å². The van der Waals surface area contributed by atoms with Gasteiger partial charge in [0.05, 0.1) is 24.4 Å². The Hall–Kier alpha value is -2.68. The Kier molecular flexibility index (Phi) is 6.78. The van der Waals surface area contributed by atoms with Crippen LogP contribution in [0.4, 0.5) is 5.69 Å². The molecule has 2 amide bonds. The van der Waals surface area contributed by atoms with Gasteiger partial charge < -0.3 is 10.6 Å². The number of carbonyl (C=O) groups excluding carboxylic acids is 2. The van der Waals surface area contributed by atoms with Crippen LogP contribution in [0.5, 0.6) is 0 Å². The van der Waals surface area contributed by atoms with Gasteiger partial charge in [-0.3, -0.25) is 9.59 Å². The van der Waals surface area contributed by atoms with Crippen molar-refractivity contribution in [2.45, 2.75) is 17.3 Å². The van der Waals surface area contributed by atoms with Crippen LogP contribution in [0.2, 0.25) is 0 Å². The SMILES string of the molecule is O=C(Cc1csc(SCC(=O)Nc2cccc3ccccc23)n1)NCc1cccs1. The van der Waals surface area contributed by atoms with Gasteiger partial charge in [0, 0.05) is 21.3 Å². The van der Waals surface area contributed by atoms with Gasteiger partial charge in [-0.1, -0.05) is 54.2 Å².